The molecule has 1 fully saturated rings. The molecule has 1 aliphatic heterocycles. The van der Waals surface area contributed by atoms with Gasteiger partial charge in [0.15, 0.2) is 0 Å². The normalized spacial score (nSPS) is 20.5. The van der Waals surface area contributed by atoms with Gasteiger partial charge in [-0.15, -0.1) is 12.4 Å². The average Bonchev–Trinajstić information content (AvgIpc) is 2.90. The van der Waals surface area contributed by atoms with Gasteiger partial charge in [-0.2, -0.15) is 0 Å². The minimum absolute atomic E-state index is 0. The Bertz CT molecular complexity index is 465. The summed E-state index contributed by atoms with van der Waals surface area (Å²) in [6.45, 7) is 5.68. The number of rotatable bonds is 6. The first-order valence-electron chi connectivity index (χ1n) is 7.48. The van der Waals surface area contributed by atoms with Crippen LogP contribution in [0.2, 0.25) is 0 Å². The first-order valence-corrected chi connectivity index (χ1v) is 7.48. The summed E-state index contributed by atoms with van der Waals surface area (Å²) in [5.41, 5.74) is 1.28. The Labute approximate surface area is 137 Å². The van der Waals surface area contributed by atoms with E-state index in [2.05, 4.69) is 36.6 Å². The van der Waals surface area contributed by atoms with Crippen LogP contribution in [-0.2, 0) is 4.79 Å². The summed E-state index contributed by atoms with van der Waals surface area (Å²) in [6, 6.07) is 7.73. The molecule has 6 heteroatoms. The van der Waals surface area contributed by atoms with E-state index in [9.17, 15) is 9.90 Å². The quantitative estimate of drug-likeness (QED) is 0.691. The van der Waals surface area contributed by atoms with Gasteiger partial charge in [-0.3, -0.25) is 4.79 Å². The van der Waals surface area contributed by atoms with Crippen molar-refractivity contribution in [2.75, 3.05) is 19.7 Å². The van der Waals surface area contributed by atoms with Crippen LogP contribution < -0.4 is 15.4 Å². The molecule has 1 amide bonds. The zero-order valence-electron chi connectivity index (χ0n) is 13.0. The highest BCUT2D eigenvalue weighted by Gasteiger charge is 2.27. The Morgan fingerprint density at radius 3 is 2.64 bits per heavy atom. The second kappa shape index (κ2) is 8.98. The maximum atomic E-state index is 11.8. The van der Waals surface area contributed by atoms with Crippen molar-refractivity contribution in [2.45, 2.75) is 38.3 Å². The van der Waals surface area contributed by atoms with E-state index in [1.165, 1.54) is 5.56 Å². The zero-order chi connectivity index (χ0) is 15.2. The standard InChI is InChI=1S/C16H24N2O3.ClH/c1-11(2)12-3-5-14(6-4-12)21-8-7-17-16(20)15-9-13(19)10-18-15;/h3-6,11,13,15,18-19H,7-10H2,1-2H3,(H,17,20);1H. The lowest BCUT2D eigenvalue weighted by Gasteiger charge is -2.12. The van der Waals surface area contributed by atoms with Crippen LogP contribution in [0.3, 0.4) is 0 Å². The van der Waals surface area contributed by atoms with Crippen molar-refractivity contribution in [3.8, 4) is 5.75 Å². The second-order valence-corrected chi connectivity index (χ2v) is 5.71. The lowest BCUT2D eigenvalue weighted by atomic mass is 10.0. The molecular weight excluding hydrogens is 304 g/mol. The van der Waals surface area contributed by atoms with E-state index in [1.54, 1.807) is 0 Å². The van der Waals surface area contributed by atoms with Gasteiger partial charge < -0.3 is 20.5 Å². The van der Waals surface area contributed by atoms with Gasteiger partial charge >= 0.3 is 0 Å². The summed E-state index contributed by atoms with van der Waals surface area (Å²) in [6.07, 6.45) is 0.0556. The molecule has 124 valence electrons. The summed E-state index contributed by atoms with van der Waals surface area (Å²) in [5.74, 6) is 1.24. The third-order valence-corrected chi connectivity index (χ3v) is 3.64. The smallest absolute Gasteiger partial charge is 0.237 e. The topological polar surface area (TPSA) is 70.6 Å². The second-order valence-electron chi connectivity index (χ2n) is 5.71. The molecule has 0 bridgehead atoms. The number of nitrogens with one attached hydrogen (secondary N) is 2. The van der Waals surface area contributed by atoms with Crippen molar-refractivity contribution in [1.29, 1.82) is 0 Å². The van der Waals surface area contributed by atoms with Crippen LogP contribution in [0.15, 0.2) is 24.3 Å². The van der Waals surface area contributed by atoms with Crippen LogP contribution in [0, 0.1) is 0 Å². The third-order valence-electron chi connectivity index (χ3n) is 3.64. The van der Waals surface area contributed by atoms with Gasteiger partial charge in [0.05, 0.1) is 18.7 Å². The summed E-state index contributed by atoms with van der Waals surface area (Å²) in [4.78, 5) is 11.8. The molecule has 1 heterocycles. The highest BCUT2D eigenvalue weighted by atomic mass is 35.5. The van der Waals surface area contributed by atoms with E-state index in [1.807, 2.05) is 12.1 Å². The largest absolute Gasteiger partial charge is 0.492 e. The van der Waals surface area contributed by atoms with Gasteiger partial charge in [-0.25, -0.2) is 0 Å². The highest BCUT2D eigenvalue weighted by molar-refractivity contribution is 5.85. The fourth-order valence-electron chi connectivity index (χ4n) is 2.33. The van der Waals surface area contributed by atoms with Crippen LogP contribution in [0.25, 0.3) is 0 Å². The zero-order valence-corrected chi connectivity index (χ0v) is 13.9. The average molecular weight is 329 g/mol. The number of hydrogen-bond acceptors (Lipinski definition) is 4. The molecular formula is C16H25ClN2O3. The Balaban J connectivity index is 0.00000242. The number of amides is 1. The molecule has 1 aliphatic rings. The van der Waals surface area contributed by atoms with Gasteiger partial charge in [0.25, 0.3) is 0 Å². The Kier molecular flexibility index (Phi) is 7.65. The van der Waals surface area contributed by atoms with E-state index in [0.29, 0.717) is 32.0 Å². The van der Waals surface area contributed by atoms with Crippen LogP contribution in [-0.4, -0.2) is 42.9 Å². The molecule has 2 rings (SSSR count). The molecule has 0 spiro atoms. The van der Waals surface area contributed by atoms with Crippen LogP contribution in [0.1, 0.15) is 31.7 Å². The predicted octanol–water partition coefficient (Wildman–Crippen LogP) is 1.45. The SMILES string of the molecule is CC(C)c1ccc(OCCNC(=O)C2CC(O)CN2)cc1.Cl. The van der Waals surface area contributed by atoms with Crippen LogP contribution in [0.4, 0.5) is 0 Å². The Morgan fingerprint density at radius 1 is 1.41 bits per heavy atom. The van der Waals surface area contributed by atoms with E-state index in [0.717, 1.165) is 5.75 Å². The number of aliphatic hydroxyl groups excluding tert-OH is 1. The summed E-state index contributed by atoms with van der Waals surface area (Å²) < 4.78 is 5.59. The molecule has 2 unspecified atom stereocenters. The molecule has 1 aromatic rings. The molecule has 1 saturated heterocycles. The first kappa shape index (κ1) is 18.7. The molecule has 0 radical (unpaired) electrons. The monoisotopic (exact) mass is 328 g/mol. The maximum absolute atomic E-state index is 11.8. The minimum Gasteiger partial charge on any atom is -0.492 e. The maximum Gasteiger partial charge on any atom is 0.237 e. The summed E-state index contributed by atoms with van der Waals surface area (Å²) in [7, 11) is 0. The molecule has 0 aliphatic carbocycles. The van der Waals surface area contributed by atoms with Crippen molar-refractivity contribution >= 4 is 18.3 Å². The van der Waals surface area contributed by atoms with E-state index < -0.39 is 6.10 Å². The number of halogens is 1. The molecule has 2 atom stereocenters. The number of ether oxygens (including phenoxy) is 1. The fourth-order valence-corrected chi connectivity index (χ4v) is 2.33. The van der Waals surface area contributed by atoms with E-state index in [4.69, 9.17) is 4.74 Å². The number of carbonyl (C=O) groups excluding carboxylic acids is 1. The van der Waals surface area contributed by atoms with Crippen molar-refractivity contribution in [3.05, 3.63) is 29.8 Å². The van der Waals surface area contributed by atoms with Crippen LogP contribution in [0.5, 0.6) is 5.75 Å². The van der Waals surface area contributed by atoms with E-state index in [-0.39, 0.29) is 24.4 Å². The fraction of sp³-hybridized carbons (Fsp3) is 0.562. The van der Waals surface area contributed by atoms with Crippen molar-refractivity contribution in [3.63, 3.8) is 0 Å². The predicted molar refractivity (Wildman–Crippen MR) is 88.7 cm³/mol. The third kappa shape index (κ3) is 5.48. The Hall–Kier alpha value is -1.30. The van der Waals surface area contributed by atoms with Gasteiger partial charge in [-0.1, -0.05) is 26.0 Å². The molecule has 1 aromatic carbocycles. The number of hydrogen-bond donors (Lipinski definition) is 3. The number of benzene rings is 1. The first-order chi connectivity index (χ1) is 10.1. The van der Waals surface area contributed by atoms with Crippen molar-refractivity contribution in [1.82, 2.24) is 10.6 Å². The molecule has 0 saturated carbocycles. The molecule has 0 aromatic heterocycles. The van der Waals surface area contributed by atoms with Gasteiger partial charge in [0.1, 0.15) is 12.4 Å². The number of β-amino-alcohol motifs (C(OH)–C–C–N with tert-alkyl or cyclic N) is 1. The van der Waals surface area contributed by atoms with Crippen molar-refractivity contribution < 1.29 is 14.6 Å². The van der Waals surface area contributed by atoms with Gasteiger partial charge in [0.2, 0.25) is 5.91 Å². The lowest BCUT2D eigenvalue weighted by Crippen LogP contribution is -2.41. The Morgan fingerprint density at radius 2 is 2.09 bits per heavy atom. The van der Waals surface area contributed by atoms with E-state index >= 15 is 0 Å². The van der Waals surface area contributed by atoms with Crippen LogP contribution >= 0.6 is 12.4 Å². The summed E-state index contributed by atoms with van der Waals surface area (Å²) >= 11 is 0. The van der Waals surface area contributed by atoms with Gasteiger partial charge in [0, 0.05) is 6.54 Å². The highest BCUT2D eigenvalue weighted by Crippen LogP contribution is 2.18. The minimum atomic E-state index is -0.420. The molecule has 3 N–H and O–H groups in total. The lowest BCUT2D eigenvalue weighted by molar-refractivity contribution is -0.123. The van der Waals surface area contributed by atoms with Gasteiger partial charge in [-0.05, 0) is 30.0 Å². The van der Waals surface area contributed by atoms with Crippen molar-refractivity contribution in [2.24, 2.45) is 0 Å². The molecule has 22 heavy (non-hydrogen) atoms. The molecule has 5 nitrogen and oxygen atoms in total. The summed E-state index contributed by atoms with van der Waals surface area (Å²) in [5, 5.41) is 15.1. The number of aliphatic hydroxyl groups is 1. The number of carbonyl (C=O) groups is 1.